The molecule has 4 saturated carbocycles. The molecule has 132 valence electrons. The largest absolute Gasteiger partial charge is 0.330 e. The van der Waals surface area contributed by atoms with Gasteiger partial charge in [0.1, 0.15) is 0 Å². The van der Waals surface area contributed by atoms with Crippen LogP contribution in [-0.4, -0.2) is 13.1 Å². The molecule has 1 aromatic carbocycles. The maximum absolute atomic E-state index is 6.58. The number of halogens is 1. The molecular weight excluding hydrogens is 316 g/mol. The molecule has 0 spiro atoms. The van der Waals surface area contributed by atoms with Crippen molar-refractivity contribution in [2.75, 3.05) is 13.1 Å². The van der Waals surface area contributed by atoms with Gasteiger partial charge in [-0.3, -0.25) is 0 Å². The SMILES string of the molecule is NCCCNCc1ccc(Cl)c(CC23CC4CC(CC(C4)C2)C3)c1. The molecule has 0 aliphatic heterocycles. The summed E-state index contributed by atoms with van der Waals surface area (Å²) < 4.78 is 0. The first-order chi connectivity index (χ1) is 11.7. The van der Waals surface area contributed by atoms with Gasteiger partial charge in [-0.25, -0.2) is 0 Å². The molecule has 1 aromatic rings. The molecule has 24 heavy (non-hydrogen) atoms. The number of rotatable bonds is 7. The highest BCUT2D eigenvalue weighted by Crippen LogP contribution is 2.61. The fourth-order valence-electron chi connectivity index (χ4n) is 6.24. The predicted octanol–water partition coefficient (Wildman–Crippen LogP) is 4.54. The zero-order valence-corrected chi connectivity index (χ0v) is 15.5. The van der Waals surface area contributed by atoms with Gasteiger partial charge in [0.2, 0.25) is 0 Å². The highest BCUT2D eigenvalue weighted by molar-refractivity contribution is 6.31. The highest BCUT2D eigenvalue weighted by Gasteiger charge is 2.50. The van der Waals surface area contributed by atoms with Gasteiger partial charge in [0, 0.05) is 11.6 Å². The number of nitrogens with two attached hydrogens (primary N) is 1. The van der Waals surface area contributed by atoms with Gasteiger partial charge in [-0.05, 0) is 105 Å². The molecule has 3 N–H and O–H groups in total. The second-order valence-corrected chi connectivity index (χ2v) is 9.25. The third-order valence-corrected chi connectivity index (χ3v) is 7.10. The quantitative estimate of drug-likeness (QED) is 0.711. The Bertz CT molecular complexity index is 548. The van der Waals surface area contributed by atoms with Crippen LogP contribution in [0.1, 0.15) is 56.1 Å². The van der Waals surface area contributed by atoms with E-state index in [1.807, 2.05) is 0 Å². The number of benzene rings is 1. The molecule has 0 atom stereocenters. The number of nitrogens with one attached hydrogen (secondary N) is 1. The van der Waals surface area contributed by atoms with Gasteiger partial charge >= 0.3 is 0 Å². The van der Waals surface area contributed by atoms with Gasteiger partial charge in [-0.1, -0.05) is 23.7 Å². The summed E-state index contributed by atoms with van der Waals surface area (Å²) in [7, 11) is 0. The van der Waals surface area contributed by atoms with Crippen LogP contribution in [0.25, 0.3) is 0 Å². The van der Waals surface area contributed by atoms with E-state index < -0.39 is 0 Å². The van der Waals surface area contributed by atoms with Gasteiger partial charge in [0.05, 0.1) is 0 Å². The Kier molecular flexibility index (Phi) is 4.90. The van der Waals surface area contributed by atoms with Gasteiger partial charge in [0.15, 0.2) is 0 Å². The zero-order chi connectivity index (χ0) is 16.6. The van der Waals surface area contributed by atoms with Crippen LogP contribution < -0.4 is 11.1 Å². The molecule has 4 aliphatic carbocycles. The Balaban J connectivity index is 1.46. The smallest absolute Gasteiger partial charge is 0.0438 e. The maximum atomic E-state index is 6.58. The average Bonchev–Trinajstić information content (AvgIpc) is 2.53. The molecule has 0 heterocycles. The zero-order valence-electron chi connectivity index (χ0n) is 14.7. The second kappa shape index (κ2) is 6.97. The lowest BCUT2D eigenvalue weighted by molar-refractivity contribution is -0.0521. The van der Waals surface area contributed by atoms with Crippen LogP contribution >= 0.6 is 11.6 Å². The first-order valence-corrected chi connectivity index (χ1v) is 10.2. The van der Waals surface area contributed by atoms with Crippen LogP contribution in [0.2, 0.25) is 5.02 Å². The molecule has 3 heteroatoms. The normalized spacial score (nSPS) is 34.0. The summed E-state index contributed by atoms with van der Waals surface area (Å²) in [5.41, 5.74) is 8.86. The third-order valence-electron chi connectivity index (χ3n) is 6.73. The molecule has 5 rings (SSSR count). The Morgan fingerprint density at radius 2 is 1.75 bits per heavy atom. The highest BCUT2D eigenvalue weighted by atomic mass is 35.5. The lowest BCUT2D eigenvalue weighted by Crippen LogP contribution is -2.47. The van der Waals surface area contributed by atoms with Crippen molar-refractivity contribution in [3.8, 4) is 0 Å². The van der Waals surface area contributed by atoms with Gasteiger partial charge in [-0.2, -0.15) is 0 Å². The van der Waals surface area contributed by atoms with Crippen molar-refractivity contribution < 1.29 is 0 Å². The van der Waals surface area contributed by atoms with E-state index in [0.717, 1.165) is 48.8 Å². The van der Waals surface area contributed by atoms with E-state index in [1.165, 1.54) is 56.1 Å². The monoisotopic (exact) mass is 346 g/mol. The second-order valence-electron chi connectivity index (χ2n) is 8.84. The number of hydrogen-bond donors (Lipinski definition) is 2. The fraction of sp³-hybridized carbons (Fsp3) is 0.714. The van der Waals surface area contributed by atoms with Crippen molar-refractivity contribution in [3.63, 3.8) is 0 Å². The van der Waals surface area contributed by atoms with E-state index in [1.54, 1.807) is 0 Å². The van der Waals surface area contributed by atoms with Gasteiger partial charge < -0.3 is 11.1 Å². The van der Waals surface area contributed by atoms with Crippen LogP contribution in [0.15, 0.2) is 18.2 Å². The van der Waals surface area contributed by atoms with E-state index in [9.17, 15) is 0 Å². The minimum atomic E-state index is 0.560. The van der Waals surface area contributed by atoms with Crippen molar-refractivity contribution >= 4 is 11.6 Å². The van der Waals surface area contributed by atoms with Crippen molar-refractivity contribution in [3.05, 3.63) is 34.3 Å². The lowest BCUT2D eigenvalue weighted by atomic mass is 9.48. The summed E-state index contributed by atoms with van der Waals surface area (Å²) in [6.07, 6.45) is 11.1. The summed E-state index contributed by atoms with van der Waals surface area (Å²) >= 11 is 6.58. The molecule has 4 aliphatic rings. The Hall–Kier alpha value is -0.570. The Labute approximate surface area is 151 Å². The summed E-state index contributed by atoms with van der Waals surface area (Å²) in [6.45, 7) is 2.67. The van der Waals surface area contributed by atoms with E-state index in [2.05, 4.69) is 23.5 Å². The fourth-order valence-corrected chi connectivity index (χ4v) is 6.43. The predicted molar refractivity (Wildman–Crippen MR) is 101 cm³/mol. The average molecular weight is 347 g/mol. The summed E-state index contributed by atoms with van der Waals surface area (Å²) in [6, 6.07) is 6.63. The first kappa shape index (κ1) is 16.9. The van der Waals surface area contributed by atoms with Crippen molar-refractivity contribution in [1.29, 1.82) is 0 Å². The Morgan fingerprint density at radius 3 is 2.38 bits per heavy atom. The van der Waals surface area contributed by atoms with E-state index in [0.29, 0.717) is 5.41 Å². The van der Waals surface area contributed by atoms with E-state index in [4.69, 9.17) is 17.3 Å². The maximum Gasteiger partial charge on any atom is 0.0438 e. The molecular formula is C21H31ClN2. The topological polar surface area (TPSA) is 38.0 Å². The van der Waals surface area contributed by atoms with Crippen molar-refractivity contribution in [2.45, 2.75) is 57.9 Å². The van der Waals surface area contributed by atoms with Crippen LogP contribution in [0.3, 0.4) is 0 Å². The summed E-state index contributed by atoms with van der Waals surface area (Å²) in [5.74, 6) is 3.03. The number of hydrogen-bond acceptors (Lipinski definition) is 2. The molecule has 4 fully saturated rings. The lowest BCUT2D eigenvalue weighted by Gasteiger charge is -2.57. The van der Waals surface area contributed by atoms with E-state index in [-0.39, 0.29) is 0 Å². The summed E-state index contributed by atoms with van der Waals surface area (Å²) in [5, 5.41) is 4.45. The first-order valence-electron chi connectivity index (χ1n) is 9.84. The molecule has 2 nitrogen and oxygen atoms in total. The molecule has 4 bridgehead atoms. The van der Waals surface area contributed by atoms with Crippen LogP contribution in [0, 0.1) is 23.2 Å². The van der Waals surface area contributed by atoms with Crippen molar-refractivity contribution in [2.24, 2.45) is 28.9 Å². The standard InChI is InChI=1S/C21H31ClN2/c22-20-3-2-15(14-24-5-1-4-23)9-19(20)13-21-10-16-6-17(11-21)8-18(7-16)12-21/h2-3,9,16-18,24H,1,4-8,10-14,23H2. The Morgan fingerprint density at radius 1 is 1.08 bits per heavy atom. The van der Waals surface area contributed by atoms with Gasteiger partial charge in [0.25, 0.3) is 0 Å². The van der Waals surface area contributed by atoms with Crippen LogP contribution in [-0.2, 0) is 13.0 Å². The molecule has 0 unspecified atom stereocenters. The molecule has 0 saturated heterocycles. The molecule has 0 aromatic heterocycles. The molecule has 0 radical (unpaired) electrons. The minimum absolute atomic E-state index is 0.560. The summed E-state index contributed by atoms with van der Waals surface area (Å²) in [4.78, 5) is 0. The molecule has 0 amide bonds. The van der Waals surface area contributed by atoms with Gasteiger partial charge in [-0.15, -0.1) is 0 Å². The van der Waals surface area contributed by atoms with Crippen molar-refractivity contribution in [1.82, 2.24) is 5.32 Å². The minimum Gasteiger partial charge on any atom is -0.330 e. The third kappa shape index (κ3) is 3.52. The van der Waals surface area contributed by atoms with Crippen LogP contribution in [0.4, 0.5) is 0 Å². The van der Waals surface area contributed by atoms with E-state index >= 15 is 0 Å². The van der Waals surface area contributed by atoms with Crippen LogP contribution in [0.5, 0.6) is 0 Å².